The van der Waals surface area contributed by atoms with E-state index >= 15 is 0 Å². The van der Waals surface area contributed by atoms with E-state index in [1.807, 2.05) is 62.4 Å². The Balaban J connectivity index is 1.92. The third-order valence-corrected chi connectivity index (χ3v) is 3.73. The van der Waals surface area contributed by atoms with Crippen LogP contribution in [0.4, 0.5) is 0 Å². The lowest BCUT2D eigenvalue weighted by atomic mass is 10.0. The van der Waals surface area contributed by atoms with Gasteiger partial charge in [0.2, 0.25) is 5.89 Å². The molecule has 3 rings (SSSR count). The summed E-state index contributed by atoms with van der Waals surface area (Å²) >= 11 is 0. The van der Waals surface area contributed by atoms with Crippen LogP contribution in [-0.2, 0) is 6.42 Å². The van der Waals surface area contributed by atoms with Crippen molar-refractivity contribution in [1.29, 1.82) is 0 Å². The zero-order valence-corrected chi connectivity index (χ0v) is 12.7. The summed E-state index contributed by atoms with van der Waals surface area (Å²) in [4.78, 5) is 15.7. The van der Waals surface area contributed by atoms with Gasteiger partial charge in [-0.05, 0) is 31.5 Å². The summed E-state index contributed by atoms with van der Waals surface area (Å²) in [6.07, 6.45) is 1.47. The summed E-state index contributed by atoms with van der Waals surface area (Å²) in [5.41, 5.74) is 4.69. The molecular weight excluding hydrogens is 274 g/mol. The lowest BCUT2D eigenvalue weighted by Gasteiger charge is -2.02. The Morgan fingerprint density at radius 3 is 2.50 bits per heavy atom. The number of nitrogens with zero attached hydrogens (tertiary/aromatic N) is 1. The molecular formula is C19H17NO2. The van der Waals surface area contributed by atoms with Crippen LogP contribution in [0.3, 0.4) is 0 Å². The molecule has 3 heteroatoms. The molecule has 2 aromatic carbocycles. The SMILES string of the molecule is Cc1ccc(-c2nc(Cc3ccccc3C=O)c(C)o2)cc1. The van der Waals surface area contributed by atoms with Crippen LogP contribution in [0, 0.1) is 13.8 Å². The van der Waals surface area contributed by atoms with E-state index in [1.165, 1.54) is 5.56 Å². The van der Waals surface area contributed by atoms with Crippen molar-refractivity contribution in [2.45, 2.75) is 20.3 Å². The van der Waals surface area contributed by atoms with Gasteiger partial charge in [-0.2, -0.15) is 0 Å². The second kappa shape index (κ2) is 5.98. The summed E-state index contributed by atoms with van der Waals surface area (Å²) in [7, 11) is 0. The number of carbonyl (C=O) groups is 1. The van der Waals surface area contributed by atoms with Gasteiger partial charge < -0.3 is 4.42 Å². The van der Waals surface area contributed by atoms with Gasteiger partial charge in [-0.15, -0.1) is 0 Å². The minimum Gasteiger partial charge on any atom is -0.441 e. The molecule has 0 saturated carbocycles. The Bertz CT molecular complexity index is 801. The molecule has 0 unspecified atom stereocenters. The first-order chi connectivity index (χ1) is 10.7. The summed E-state index contributed by atoms with van der Waals surface area (Å²) in [6, 6.07) is 15.6. The first-order valence-corrected chi connectivity index (χ1v) is 7.24. The highest BCUT2D eigenvalue weighted by Crippen LogP contribution is 2.24. The Hall–Kier alpha value is -2.68. The normalized spacial score (nSPS) is 10.6. The minimum absolute atomic E-state index is 0.593. The van der Waals surface area contributed by atoms with E-state index in [-0.39, 0.29) is 0 Å². The molecule has 0 amide bonds. The number of aryl methyl sites for hydroxylation is 2. The molecule has 0 fully saturated rings. The third-order valence-electron chi connectivity index (χ3n) is 3.73. The van der Waals surface area contributed by atoms with Crippen LogP contribution in [0.15, 0.2) is 52.9 Å². The van der Waals surface area contributed by atoms with E-state index in [0.29, 0.717) is 17.9 Å². The van der Waals surface area contributed by atoms with Crippen molar-refractivity contribution in [2.75, 3.05) is 0 Å². The first kappa shape index (κ1) is 14.3. The summed E-state index contributed by atoms with van der Waals surface area (Å²) in [6.45, 7) is 3.95. The molecule has 22 heavy (non-hydrogen) atoms. The van der Waals surface area contributed by atoms with E-state index < -0.39 is 0 Å². The number of aromatic nitrogens is 1. The summed E-state index contributed by atoms with van der Waals surface area (Å²) < 4.78 is 5.79. The number of carbonyl (C=O) groups excluding carboxylic acids is 1. The molecule has 0 aliphatic carbocycles. The highest BCUT2D eigenvalue weighted by atomic mass is 16.4. The molecule has 0 saturated heterocycles. The van der Waals surface area contributed by atoms with Crippen LogP contribution >= 0.6 is 0 Å². The smallest absolute Gasteiger partial charge is 0.226 e. The second-order valence-corrected chi connectivity index (χ2v) is 5.38. The van der Waals surface area contributed by atoms with Crippen LogP contribution < -0.4 is 0 Å². The van der Waals surface area contributed by atoms with Crippen molar-refractivity contribution >= 4 is 6.29 Å². The predicted molar refractivity (Wildman–Crippen MR) is 86.0 cm³/mol. The van der Waals surface area contributed by atoms with Gasteiger partial charge >= 0.3 is 0 Å². The highest BCUT2D eigenvalue weighted by molar-refractivity contribution is 5.77. The van der Waals surface area contributed by atoms with Crippen molar-refractivity contribution in [3.8, 4) is 11.5 Å². The maximum absolute atomic E-state index is 11.1. The number of oxazole rings is 1. The quantitative estimate of drug-likeness (QED) is 0.671. The highest BCUT2D eigenvalue weighted by Gasteiger charge is 2.13. The second-order valence-electron chi connectivity index (χ2n) is 5.38. The van der Waals surface area contributed by atoms with E-state index in [9.17, 15) is 4.79 Å². The fourth-order valence-electron chi connectivity index (χ4n) is 2.40. The summed E-state index contributed by atoms with van der Waals surface area (Å²) in [5.74, 6) is 1.41. The van der Waals surface area contributed by atoms with Gasteiger partial charge in [0.25, 0.3) is 0 Å². The molecule has 110 valence electrons. The summed E-state index contributed by atoms with van der Waals surface area (Å²) in [5, 5.41) is 0. The Morgan fingerprint density at radius 2 is 1.77 bits per heavy atom. The monoisotopic (exact) mass is 291 g/mol. The third kappa shape index (κ3) is 2.84. The zero-order valence-electron chi connectivity index (χ0n) is 12.7. The van der Waals surface area contributed by atoms with Gasteiger partial charge in [-0.3, -0.25) is 4.79 Å². The predicted octanol–water partition coefficient (Wildman–Crippen LogP) is 4.36. The first-order valence-electron chi connectivity index (χ1n) is 7.24. The van der Waals surface area contributed by atoms with Gasteiger partial charge in [0.1, 0.15) is 12.0 Å². The maximum atomic E-state index is 11.1. The molecule has 0 aliphatic rings. The van der Waals surface area contributed by atoms with Gasteiger partial charge in [-0.25, -0.2) is 4.98 Å². The van der Waals surface area contributed by atoms with Crippen LogP contribution in [0.1, 0.15) is 32.9 Å². The molecule has 0 aliphatic heterocycles. The Morgan fingerprint density at radius 1 is 1.05 bits per heavy atom. The van der Waals surface area contributed by atoms with Gasteiger partial charge in [0, 0.05) is 17.5 Å². The van der Waals surface area contributed by atoms with Crippen molar-refractivity contribution in [2.24, 2.45) is 0 Å². The van der Waals surface area contributed by atoms with E-state index in [4.69, 9.17) is 4.42 Å². The average molecular weight is 291 g/mol. The lowest BCUT2D eigenvalue weighted by Crippen LogP contribution is -1.96. The molecule has 0 N–H and O–H groups in total. The minimum atomic E-state index is 0.593. The standard InChI is InChI=1S/C19H17NO2/c1-13-7-9-15(10-8-13)19-20-18(14(2)22-19)11-16-5-3-4-6-17(16)12-21/h3-10,12H,11H2,1-2H3. The van der Waals surface area contributed by atoms with Crippen LogP contribution in [-0.4, -0.2) is 11.3 Å². The van der Waals surface area contributed by atoms with E-state index in [0.717, 1.165) is 28.9 Å². The fourth-order valence-corrected chi connectivity index (χ4v) is 2.40. The topological polar surface area (TPSA) is 43.1 Å². The van der Waals surface area contributed by atoms with Crippen LogP contribution in [0.25, 0.3) is 11.5 Å². The van der Waals surface area contributed by atoms with Gasteiger partial charge in [0.05, 0.1) is 5.69 Å². The number of aldehydes is 1. The number of hydrogen-bond donors (Lipinski definition) is 0. The Labute approximate surface area is 129 Å². The largest absolute Gasteiger partial charge is 0.441 e. The Kier molecular flexibility index (Phi) is 3.88. The van der Waals surface area contributed by atoms with Crippen molar-refractivity contribution < 1.29 is 9.21 Å². The van der Waals surface area contributed by atoms with E-state index in [2.05, 4.69) is 4.98 Å². The molecule has 0 atom stereocenters. The molecule has 0 spiro atoms. The number of benzene rings is 2. The average Bonchev–Trinajstić information content (AvgIpc) is 2.89. The molecule has 1 aromatic heterocycles. The lowest BCUT2D eigenvalue weighted by molar-refractivity contribution is 0.112. The number of hydrogen-bond acceptors (Lipinski definition) is 3. The van der Waals surface area contributed by atoms with Crippen molar-refractivity contribution in [3.63, 3.8) is 0 Å². The molecule has 3 aromatic rings. The molecule has 0 radical (unpaired) electrons. The fraction of sp³-hybridized carbons (Fsp3) is 0.158. The van der Waals surface area contributed by atoms with Crippen molar-refractivity contribution in [3.05, 3.63) is 76.7 Å². The van der Waals surface area contributed by atoms with Crippen LogP contribution in [0.2, 0.25) is 0 Å². The van der Waals surface area contributed by atoms with Crippen molar-refractivity contribution in [1.82, 2.24) is 4.98 Å². The van der Waals surface area contributed by atoms with Gasteiger partial charge in [-0.1, -0.05) is 42.0 Å². The molecule has 1 heterocycles. The maximum Gasteiger partial charge on any atom is 0.226 e. The van der Waals surface area contributed by atoms with E-state index in [1.54, 1.807) is 0 Å². The molecule has 3 nitrogen and oxygen atoms in total. The van der Waals surface area contributed by atoms with Gasteiger partial charge in [0.15, 0.2) is 0 Å². The zero-order chi connectivity index (χ0) is 15.5. The number of rotatable bonds is 4. The van der Waals surface area contributed by atoms with Crippen LogP contribution in [0.5, 0.6) is 0 Å². The molecule has 0 bridgehead atoms.